The number of fused-ring (bicyclic) bond motifs is 1. The Morgan fingerprint density at radius 2 is 2.05 bits per heavy atom. The number of benzene rings is 1. The Kier molecular flexibility index (Phi) is 3.85. The molecule has 3 rings (SSSR count). The first-order valence-corrected chi connectivity index (χ1v) is 7.73. The zero-order chi connectivity index (χ0) is 13.1. The van der Waals surface area contributed by atoms with E-state index < -0.39 is 0 Å². The number of rotatable bonds is 4. The minimum Gasteiger partial charge on any atom is -0.325 e. The quantitative estimate of drug-likeness (QED) is 0.866. The van der Waals surface area contributed by atoms with E-state index in [0.717, 1.165) is 11.4 Å². The van der Waals surface area contributed by atoms with Crippen LogP contribution >= 0.6 is 11.8 Å². The van der Waals surface area contributed by atoms with Crippen LogP contribution < -0.4 is 5.73 Å². The molecular weight excluding hydrogens is 252 g/mol. The first-order chi connectivity index (χ1) is 9.36. The molecule has 98 valence electrons. The summed E-state index contributed by atoms with van der Waals surface area (Å²) in [6.07, 6.45) is 5.61. The Morgan fingerprint density at radius 3 is 2.95 bits per heavy atom. The van der Waals surface area contributed by atoms with Crippen molar-refractivity contribution in [3.05, 3.63) is 58.9 Å². The van der Waals surface area contributed by atoms with Gasteiger partial charge in [0.25, 0.3) is 0 Å². The van der Waals surface area contributed by atoms with Gasteiger partial charge in [-0.05, 0) is 54.2 Å². The molecule has 0 bridgehead atoms. The molecule has 1 aliphatic rings. The van der Waals surface area contributed by atoms with E-state index in [4.69, 9.17) is 5.73 Å². The van der Waals surface area contributed by atoms with Gasteiger partial charge in [0.15, 0.2) is 0 Å². The fourth-order valence-corrected chi connectivity index (χ4v) is 3.56. The van der Waals surface area contributed by atoms with E-state index in [1.54, 1.807) is 0 Å². The molecule has 0 saturated carbocycles. The second kappa shape index (κ2) is 5.76. The van der Waals surface area contributed by atoms with Gasteiger partial charge < -0.3 is 5.73 Å². The van der Waals surface area contributed by atoms with E-state index in [1.807, 2.05) is 24.0 Å². The number of pyridine rings is 1. The number of aromatic nitrogens is 1. The van der Waals surface area contributed by atoms with E-state index >= 15 is 0 Å². The maximum atomic E-state index is 5.72. The second-order valence-electron chi connectivity index (χ2n) is 4.89. The Bertz CT molecular complexity index is 581. The summed E-state index contributed by atoms with van der Waals surface area (Å²) in [6, 6.07) is 11.0. The van der Waals surface area contributed by atoms with Crippen molar-refractivity contribution < 1.29 is 0 Å². The molecule has 0 amide bonds. The number of hydrogen-bond donors (Lipinski definition) is 1. The van der Waals surface area contributed by atoms with E-state index in [2.05, 4.69) is 29.2 Å². The van der Waals surface area contributed by atoms with E-state index in [0.29, 0.717) is 6.54 Å². The third-order valence-electron chi connectivity index (χ3n) is 3.64. The summed E-state index contributed by atoms with van der Waals surface area (Å²) in [5, 5.41) is 0. The fourth-order valence-electron chi connectivity index (χ4n) is 2.59. The topological polar surface area (TPSA) is 38.9 Å². The standard InChI is InChI=1S/C16H18N2S/c17-10-16-14(5-2-8-18-16)11-19-15-7-6-12-3-1-4-13(12)9-15/h2,5-9H,1,3-4,10-11,17H2. The third kappa shape index (κ3) is 2.82. The Labute approximate surface area is 118 Å². The van der Waals surface area contributed by atoms with Crippen molar-refractivity contribution in [1.82, 2.24) is 4.98 Å². The van der Waals surface area contributed by atoms with E-state index in [-0.39, 0.29) is 0 Å². The van der Waals surface area contributed by atoms with Crippen molar-refractivity contribution in [1.29, 1.82) is 0 Å². The first-order valence-electron chi connectivity index (χ1n) is 6.74. The smallest absolute Gasteiger partial charge is 0.0579 e. The van der Waals surface area contributed by atoms with Crippen LogP contribution in [0, 0.1) is 0 Å². The lowest BCUT2D eigenvalue weighted by atomic mass is 10.1. The van der Waals surface area contributed by atoms with Crippen LogP contribution in [-0.4, -0.2) is 4.98 Å². The molecule has 0 radical (unpaired) electrons. The van der Waals surface area contributed by atoms with Gasteiger partial charge >= 0.3 is 0 Å². The SMILES string of the molecule is NCc1ncccc1CSc1ccc2c(c1)CCC2. The van der Waals surface area contributed by atoms with Crippen LogP contribution in [0.3, 0.4) is 0 Å². The van der Waals surface area contributed by atoms with Gasteiger partial charge in [0.05, 0.1) is 5.69 Å². The highest BCUT2D eigenvalue weighted by atomic mass is 32.2. The summed E-state index contributed by atoms with van der Waals surface area (Å²) in [5.41, 5.74) is 11.1. The molecule has 0 atom stereocenters. The predicted molar refractivity (Wildman–Crippen MR) is 80.2 cm³/mol. The minimum atomic E-state index is 0.515. The summed E-state index contributed by atoms with van der Waals surface area (Å²) >= 11 is 1.87. The van der Waals surface area contributed by atoms with E-state index in [1.165, 1.54) is 40.8 Å². The minimum absolute atomic E-state index is 0.515. The number of thioether (sulfide) groups is 1. The molecule has 1 aromatic carbocycles. The maximum absolute atomic E-state index is 5.72. The van der Waals surface area contributed by atoms with Gasteiger partial charge in [-0.1, -0.05) is 12.1 Å². The molecule has 0 aliphatic heterocycles. The van der Waals surface area contributed by atoms with Crippen LogP contribution in [0.5, 0.6) is 0 Å². The van der Waals surface area contributed by atoms with Crippen LogP contribution in [0.1, 0.15) is 28.8 Å². The van der Waals surface area contributed by atoms with Gasteiger partial charge in [-0.2, -0.15) is 0 Å². The van der Waals surface area contributed by atoms with Crippen molar-refractivity contribution >= 4 is 11.8 Å². The number of hydrogen-bond acceptors (Lipinski definition) is 3. The van der Waals surface area contributed by atoms with Crippen molar-refractivity contribution in [3.63, 3.8) is 0 Å². The zero-order valence-electron chi connectivity index (χ0n) is 10.9. The van der Waals surface area contributed by atoms with Gasteiger partial charge in [0.1, 0.15) is 0 Å². The normalized spacial score (nSPS) is 13.5. The van der Waals surface area contributed by atoms with Gasteiger partial charge in [-0.15, -0.1) is 11.8 Å². The lowest BCUT2D eigenvalue weighted by molar-refractivity contribution is 0.911. The van der Waals surface area contributed by atoms with Gasteiger partial charge in [0.2, 0.25) is 0 Å². The molecule has 3 heteroatoms. The highest BCUT2D eigenvalue weighted by Crippen LogP contribution is 2.29. The largest absolute Gasteiger partial charge is 0.325 e. The molecule has 1 heterocycles. The average Bonchev–Trinajstić information content (AvgIpc) is 2.93. The van der Waals surface area contributed by atoms with Crippen LogP contribution in [0.25, 0.3) is 0 Å². The van der Waals surface area contributed by atoms with E-state index in [9.17, 15) is 0 Å². The Balaban J connectivity index is 1.72. The molecule has 2 aromatic rings. The monoisotopic (exact) mass is 270 g/mol. The zero-order valence-corrected chi connectivity index (χ0v) is 11.7. The fraction of sp³-hybridized carbons (Fsp3) is 0.312. The predicted octanol–water partition coefficient (Wildman–Crippen LogP) is 3.32. The van der Waals surface area contributed by atoms with Gasteiger partial charge in [0, 0.05) is 23.4 Å². The van der Waals surface area contributed by atoms with Crippen LogP contribution in [-0.2, 0) is 25.1 Å². The molecule has 2 nitrogen and oxygen atoms in total. The molecule has 2 N–H and O–H groups in total. The Morgan fingerprint density at radius 1 is 1.16 bits per heavy atom. The second-order valence-corrected chi connectivity index (χ2v) is 5.93. The third-order valence-corrected chi connectivity index (χ3v) is 4.68. The highest BCUT2D eigenvalue weighted by Gasteiger charge is 2.11. The van der Waals surface area contributed by atoms with Gasteiger partial charge in [-0.3, -0.25) is 4.98 Å². The molecule has 19 heavy (non-hydrogen) atoms. The number of aryl methyl sites for hydroxylation is 2. The molecule has 1 aromatic heterocycles. The highest BCUT2D eigenvalue weighted by molar-refractivity contribution is 7.98. The summed E-state index contributed by atoms with van der Waals surface area (Å²) in [5.74, 6) is 0.944. The lowest BCUT2D eigenvalue weighted by Gasteiger charge is -2.07. The lowest BCUT2D eigenvalue weighted by Crippen LogP contribution is -2.03. The maximum Gasteiger partial charge on any atom is 0.0579 e. The van der Waals surface area contributed by atoms with Crippen molar-refractivity contribution in [3.8, 4) is 0 Å². The van der Waals surface area contributed by atoms with Crippen molar-refractivity contribution in [2.45, 2.75) is 36.5 Å². The summed E-state index contributed by atoms with van der Waals surface area (Å²) < 4.78 is 0. The number of nitrogens with two attached hydrogens (primary N) is 1. The summed E-state index contributed by atoms with van der Waals surface area (Å²) in [4.78, 5) is 5.68. The average molecular weight is 270 g/mol. The van der Waals surface area contributed by atoms with Crippen molar-refractivity contribution in [2.24, 2.45) is 5.73 Å². The molecular formula is C16H18N2S. The molecule has 0 spiro atoms. The van der Waals surface area contributed by atoms with Gasteiger partial charge in [-0.25, -0.2) is 0 Å². The first kappa shape index (κ1) is 12.7. The van der Waals surface area contributed by atoms with Crippen molar-refractivity contribution in [2.75, 3.05) is 0 Å². The van der Waals surface area contributed by atoms with Crippen LogP contribution in [0.2, 0.25) is 0 Å². The molecule has 1 aliphatic carbocycles. The molecule has 0 unspecified atom stereocenters. The van der Waals surface area contributed by atoms with Crippen LogP contribution in [0.4, 0.5) is 0 Å². The Hall–Kier alpha value is -1.32. The van der Waals surface area contributed by atoms with Crippen LogP contribution in [0.15, 0.2) is 41.4 Å². The molecule has 0 saturated heterocycles. The number of nitrogens with zero attached hydrogens (tertiary/aromatic N) is 1. The summed E-state index contributed by atoms with van der Waals surface area (Å²) in [6.45, 7) is 0.515. The molecule has 0 fully saturated rings. The summed E-state index contributed by atoms with van der Waals surface area (Å²) in [7, 11) is 0.